The molecule has 0 spiro atoms. The third kappa shape index (κ3) is 5.98. The first-order valence-corrected chi connectivity index (χ1v) is 9.16. The number of nitrogens with one attached hydrogen (secondary N) is 2. The number of nitrogens with zero attached hydrogens (tertiary/aromatic N) is 3. The molecule has 0 bridgehead atoms. The van der Waals surface area contributed by atoms with Crippen molar-refractivity contribution in [1.82, 2.24) is 20.1 Å². The van der Waals surface area contributed by atoms with E-state index in [9.17, 15) is 18.4 Å². The Balaban J connectivity index is 2.36. The Morgan fingerprint density at radius 2 is 2.03 bits per heavy atom. The van der Waals surface area contributed by atoms with Gasteiger partial charge in [0, 0.05) is 12.4 Å². The summed E-state index contributed by atoms with van der Waals surface area (Å²) < 4.78 is 36.6. The van der Waals surface area contributed by atoms with Crippen LogP contribution < -0.4 is 10.2 Å². The van der Waals surface area contributed by atoms with Gasteiger partial charge in [-0.15, -0.1) is 0 Å². The molecule has 0 aliphatic carbocycles. The SMILES string of the molecule is CCOC(=O)NC(=S)N(Cc1ccnn1CC(F)F)c1cc[nH]c1C(=O)OCC. The molecule has 0 fully saturated rings. The minimum Gasteiger partial charge on any atom is -0.461 e. The number of carbonyl (C=O) groups excluding carboxylic acids is 2. The third-order valence-electron chi connectivity index (χ3n) is 3.66. The van der Waals surface area contributed by atoms with Gasteiger partial charge < -0.3 is 19.4 Å². The summed E-state index contributed by atoms with van der Waals surface area (Å²) in [6, 6.07) is 3.10. The lowest BCUT2D eigenvalue weighted by Crippen LogP contribution is -2.43. The van der Waals surface area contributed by atoms with Crippen molar-refractivity contribution >= 4 is 35.1 Å². The molecule has 12 heteroatoms. The van der Waals surface area contributed by atoms with Gasteiger partial charge in [0.2, 0.25) is 0 Å². The lowest BCUT2D eigenvalue weighted by Gasteiger charge is -2.25. The molecular weight excluding hydrogens is 408 g/mol. The quantitative estimate of drug-likeness (QED) is 0.491. The Bertz CT molecular complexity index is 855. The van der Waals surface area contributed by atoms with E-state index in [-0.39, 0.29) is 30.6 Å². The minimum absolute atomic E-state index is 0.0395. The third-order valence-corrected chi connectivity index (χ3v) is 3.98. The molecule has 158 valence electrons. The first-order valence-electron chi connectivity index (χ1n) is 8.75. The molecule has 9 nitrogen and oxygen atoms in total. The van der Waals surface area contributed by atoms with E-state index in [1.165, 1.54) is 17.3 Å². The number of esters is 1. The Labute approximate surface area is 171 Å². The number of carbonyl (C=O) groups is 2. The van der Waals surface area contributed by atoms with Gasteiger partial charge in [0.15, 0.2) is 5.11 Å². The molecule has 29 heavy (non-hydrogen) atoms. The molecule has 2 aromatic heterocycles. The van der Waals surface area contributed by atoms with E-state index in [1.54, 1.807) is 26.0 Å². The highest BCUT2D eigenvalue weighted by molar-refractivity contribution is 7.80. The standard InChI is InChI=1S/C17H21F2N5O4S/c1-3-27-15(25)14-12(6-7-20-14)23(16(29)22-17(26)28-4-2)9-11-5-8-21-24(11)10-13(18)19/h5-8,13,20H,3-4,9-10H2,1-2H3,(H,22,26,29). The number of anilines is 1. The fourth-order valence-electron chi connectivity index (χ4n) is 2.49. The number of aromatic amines is 1. The molecule has 0 atom stereocenters. The monoisotopic (exact) mass is 429 g/mol. The van der Waals surface area contributed by atoms with Crippen LogP contribution in [-0.4, -0.2) is 51.6 Å². The second-order valence-electron chi connectivity index (χ2n) is 5.59. The number of aromatic nitrogens is 3. The van der Waals surface area contributed by atoms with Gasteiger partial charge in [-0.2, -0.15) is 5.10 Å². The van der Waals surface area contributed by atoms with Crippen LogP contribution >= 0.6 is 12.2 Å². The van der Waals surface area contributed by atoms with E-state index in [0.717, 1.165) is 4.68 Å². The summed E-state index contributed by atoms with van der Waals surface area (Å²) in [4.78, 5) is 28.2. The molecule has 2 aromatic rings. The van der Waals surface area contributed by atoms with Crippen LogP contribution in [-0.2, 0) is 22.6 Å². The number of alkyl carbamates (subject to hydrolysis) is 1. The van der Waals surface area contributed by atoms with Gasteiger partial charge in [-0.25, -0.2) is 18.4 Å². The summed E-state index contributed by atoms with van der Waals surface area (Å²) in [6.07, 6.45) is -0.509. The van der Waals surface area contributed by atoms with Gasteiger partial charge >= 0.3 is 12.1 Å². The topological polar surface area (TPSA) is 101 Å². The Morgan fingerprint density at radius 3 is 2.69 bits per heavy atom. The zero-order chi connectivity index (χ0) is 21.4. The summed E-state index contributed by atoms with van der Waals surface area (Å²) in [7, 11) is 0. The Morgan fingerprint density at radius 1 is 1.31 bits per heavy atom. The van der Waals surface area contributed by atoms with Gasteiger partial charge in [0.25, 0.3) is 6.43 Å². The predicted molar refractivity (Wildman–Crippen MR) is 104 cm³/mol. The number of alkyl halides is 2. The van der Waals surface area contributed by atoms with Gasteiger partial charge in [-0.3, -0.25) is 10.00 Å². The van der Waals surface area contributed by atoms with Crippen molar-refractivity contribution in [2.45, 2.75) is 33.4 Å². The Hall–Kier alpha value is -3.02. The number of rotatable bonds is 8. The molecule has 0 unspecified atom stereocenters. The summed E-state index contributed by atoms with van der Waals surface area (Å²) >= 11 is 5.30. The predicted octanol–water partition coefficient (Wildman–Crippen LogP) is 2.69. The molecule has 0 aliphatic rings. The van der Waals surface area contributed by atoms with E-state index in [4.69, 9.17) is 21.7 Å². The normalized spacial score (nSPS) is 10.7. The van der Waals surface area contributed by atoms with Crippen LogP contribution in [0, 0.1) is 0 Å². The number of thiocarbonyl (C=S) groups is 1. The molecule has 0 aromatic carbocycles. The first-order chi connectivity index (χ1) is 13.9. The van der Waals surface area contributed by atoms with Crippen molar-refractivity contribution in [2.75, 3.05) is 18.1 Å². The van der Waals surface area contributed by atoms with E-state index < -0.39 is 25.0 Å². The van der Waals surface area contributed by atoms with Crippen LogP contribution in [0.25, 0.3) is 0 Å². The molecule has 1 amide bonds. The van der Waals surface area contributed by atoms with Crippen molar-refractivity contribution < 1.29 is 27.8 Å². The molecule has 0 saturated carbocycles. The molecule has 0 saturated heterocycles. The largest absolute Gasteiger partial charge is 0.461 e. The smallest absolute Gasteiger partial charge is 0.413 e. The number of hydrogen-bond acceptors (Lipinski definition) is 6. The molecule has 2 rings (SSSR count). The molecular formula is C17H21F2N5O4S. The maximum atomic E-state index is 12.8. The zero-order valence-corrected chi connectivity index (χ0v) is 16.7. The van der Waals surface area contributed by atoms with Crippen molar-refractivity contribution in [3.8, 4) is 0 Å². The Kier molecular flexibility index (Phi) is 8.07. The highest BCUT2D eigenvalue weighted by Crippen LogP contribution is 2.23. The van der Waals surface area contributed by atoms with E-state index in [0.29, 0.717) is 11.4 Å². The average molecular weight is 429 g/mol. The van der Waals surface area contributed by atoms with Crippen molar-refractivity contribution in [3.05, 3.63) is 35.9 Å². The van der Waals surface area contributed by atoms with Gasteiger partial charge in [-0.05, 0) is 38.2 Å². The summed E-state index contributed by atoms with van der Waals surface area (Å²) in [5, 5.41) is 6.19. The van der Waals surface area contributed by atoms with Crippen LogP contribution in [0.4, 0.5) is 19.3 Å². The average Bonchev–Trinajstić information content (AvgIpc) is 3.28. The maximum absolute atomic E-state index is 12.8. The molecule has 0 aliphatic heterocycles. The first kappa shape index (κ1) is 22.3. The lowest BCUT2D eigenvalue weighted by atomic mass is 10.3. The number of ether oxygens (including phenoxy) is 2. The molecule has 0 radical (unpaired) electrons. The van der Waals surface area contributed by atoms with E-state index in [2.05, 4.69) is 15.4 Å². The summed E-state index contributed by atoms with van der Waals surface area (Å²) in [6.45, 7) is 2.94. The van der Waals surface area contributed by atoms with Crippen LogP contribution in [0.15, 0.2) is 24.5 Å². The number of amides is 1. The summed E-state index contributed by atoms with van der Waals surface area (Å²) in [5.41, 5.74) is 0.796. The van der Waals surface area contributed by atoms with Gasteiger partial charge in [-0.1, -0.05) is 0 Å². The number of hydrogen-bond donors (Lipinski definition) is 2. The summed E-state index contributed by atoms with van der Waals surface area (Å²) in [5.74, 6) is -0.627. The fraction of sp³-hybridized carbons (Fsp3) is 0.412. The van der Waals surface area contributed by atoms with E-state index >= 15 is 0 Å². The van der Waals surface area contributed by atoms with Crippen molar-refractivity contribution in [3.63, 3.8) is 0 Å². The second kappa shape index (κ2) is 10.5. The second-order valence-corrected chi connectivity index (χ2v) is 5.98. The van der Waals surface area contributed by atoms with Crippen molar-refractivity contribution in [1.29, 1.82) is 0 Å². The fourth-order valence-corrected chi connectivity index (χ4v) is 2.74. The van der Waals surface area contributed by atoms with Gasteiger partial charge in [0.1, 0.15) is 12.2 Å². The lowest BCUT2D eigenvalue weighted by molar-refractivity contribution is 0.0521. The molecule has 2 N–H and O–H groups in total. The van der Waals surface area contributed by atoms with Crippen LogP contribution in [0.1, 0.15) is 30.0 Å². The highest BCUT2D eigenvalue weighted by Gasteiger charge is 2.25. The maximum Gasteiger partial charge on any atom is 0.413 e. The number of halogens is 2. The number of H-pyrrole nitrogens is 1. The van der Waals surface area contributed by atoms with Crippen molar-refractivity contribution in [2.24, 2.45) is 0 Å². The highest BCUT2D eigenvalue weighted by atomic mass is 32.1. The molecule has 2 heterocycles. The zero-order valence-electron chi connectivity index (χ0n) is 15.9. The van der Waals surface area contributed by atoms with Crippen LogP contribution in [0.3, 0.4) is 0 Å². The minimum atomic E-state index is -2.60. The van der Waals surface area contributed by atoms with Crippen LogP contribution in [0.2, 0.25) is 0 Å². The van der Waals surface area contributed by atoms with E-state index in [1.807, 2.05) is 0 Å². The van der Waals surface area contributed by atoms with Gasteiger partial charge in [0.05, 0.1) is 31.1 Å². The van der Waals surface area contributed by atoms with Crippen LogP contribution in [0.5, 0.6) is 0 Å².